The van der Waals surface area contributed by atoms with Crippen LogP contribution < -0.4 is 5.32 Å². The minimum Gasteiger partial charge on any atom is -0.311 e. The molecule has 2 aliphatic carbocycles. The van der Waals surface area contributed by atoms with Crippen molar-refractivity contribution >= 4 is 15.9 Å². The average Bonchev–Trinajstić information content (AvgIpc) is 2.42. The third-order valence-electron chi connectivity index (χ3n) is 4.97. The molecule has 1 aromatic carbocycles. The maximum absolute atomic E-state index is 3.97. The number of nitrogens with one attached hydrogen (secondary N) is 1. The fraction of sp³-hybridized carbons (Fsp3) is 0.667. The highest BCUT2D eigenvalue weighted by Crippen LogP contribution is 2.26. The zero-order chi connectivity index (χ0) is 13.8. The Labute approximate surface area is 131 Å². The summed E-state index contributed by atoms with van der Waals surface area (Å²) < 4.78 is 1.22. The number of benzene rings is 1. The van der Waals surface area contributed by atoms with Crippen LogP contribution in [0.2, 0.25) is 0 Å². The lowest BCUT2D eigenvalue weighted by molar-refractivity contribution is 0.334. The zero-order valence-electron chi connectivity index (χ0n) is 12.3. The minimum atomic E-state index is 0.702. The summed E-state index contributed by atoms with van der Waals surface area (Å²) in [5.41, 5.74) is 3.11. The molecular formula is C18H26BrN. The van der Waals surface area contributed by atoms with Gasteiger partial charge in [-0.25, -0.2) is 0 Å². The molecule has 20 heavy (non-hydrogen) atoms. The predicted molar refractivity (Wildman–Crippen MR) is 89.2 cm³/mol. The van der Waals surface area contributed by atoms with Crippen molar-refractivity contribution in [2.75, 3.05) is 0 Å². The number of rotatable bonds is 2. The van der Waals surface area contributed by atoms with Crippen LogP contribution in [0.1, 0.15) is 62.5 Å². The van der Waals surface area contributed by atoms with Crippen molar-refractivity contribution in [2.45, 2.75) is 76.3 Å². The summed E-state index contributed by atoms with van der Waals surface area (Å²) in [4.78, 5) is 0. The van der Waals surface area contributed by atoms with Crippen molar-refractivity contribution in [2.24, 2.45) is 0 Å². The van der Waals surface area contributed by atoms with Crippen LogP contribution in [-0.2, 0) is 12.8 Å². The highest BCUT2D eigenvalue weighted by molar-refractivity contribution is 9.10. The summed E-state index contributed by atoms with van der Waals surface area (Å²) >= 11 is 3.59. The first-order chi connectivity index (χ1) is 9.81. The number of halogens is 1. The van der Waals surface area contributed by atoms with E-state index in [0.717, 1.165) is 6.04 Å². The van der Waals surface area contributed by atoms with E-state index in [9.17, 15) is 0 Å². The molecule has 0 heterocycles. The Balaban J connectivity index is 1.57. The summed E-state index contributed by atoms with van der Waals surface area (Å²) in [7, 11) is 0. The van der Waals surface area contributed by atoms with Gasteiger partial charge in [-0.05, 0) is 55.4 Å². The van der Waals surface area contributed by atoms with Gasteiger partial charge >= 0.3 is 0 Å². The van der Waals surface area contributed by atoms with Gasteiger partial charge in [-0.1, -0.05) is 54.1 Å². The molecule has 0 spiro atoms. The van der Waals surface area contributed by atoms with Gasteiger partial charge in [-0.3, -0.25) is 0 Å². The van der Waals surface area contributed by atoms with Gasteiger partial charge in [0, 0.05) is 16.6 Å². The van der Waals surface area contributed by atoms with E-state index in [1.807, 2.05) is 0 Å². The Kier molecular flexibility index (Phi) is 5.17. The predicted octanol–water partition coefficient (Wildman–Crippen LogP) is 5.01. The Hall–Kier alpha value is -0.340. The maximum Gasteiger partial charge on any atom is 0.0178 e. The van der Waals surface area contributed by atoms with E-state index < -0.39 is 0 Å². The van der Waals surface area contributed by atoms with Crippen molar-refractivity contribution in [3.8, 4) is 0 Å². The molecule has 2 aliphatic rings. The molecule has 0 aromatic heterocycles. The first-order valence-electron chi connectivity index (χ1n) is 8.34. The third-order valence-corrected chi connectivity index (χ3v) is 5.47. The largest absolute Gasteiger partial charge is 0.311 e. The minimum absolute atomic E-state index is 0.702. The van der Waals surface area contributed by atoms with Crippen LogP contribution in [0.3, 0.4) is 0 Å². The Morgan fingerprint density at radius 3 is 2.40 bits per heavy atom. The first-order valence-corrected chi connectivity index (χ1v) is 9.14. The number of fused-ring (bicyclic) bond motifs is 1. The lowest BCUT2D eigenvalue weighted by atomic mass is 9.87. The second kappa shape index (κ2) is 7.09. The molecule has 1 unspecified atom stereocenters. The smallest absolute Gasteiger partial charge is 0.0178 e. The highest BCUT2D eigenvalue weighted by Gasteiger charge is 2.21. The molecule has 3 rings (SSSR count). The van der Waals surface area contributed by atoms with Gasteiger partial charge in [-0.2, -0.15) is 0 Å². The van der Waals surface area contributed by atoms with E-state index in [1.54, 1.807) is 11.1 Å². The number of aryl methyl sites for hydroxylation is 1. The molecule has 1 saturated carbocycles. The molecule has 1 aromatic rings. The van der Waals surface area contributed by atoms with Crippen LogP contribution in [0.5, 0.6) is 0 Å². The lowest BCUT2D eigenvalue weighted by Crippen LogP contribution is -2.41. The number of hydrogen-bond donors (Lipinski definition) is 1. The second-order valence-corrected chi connectivity index (χ2v) is 7.48. The molecule has 1 nitrogen and oxygen atoms in total. The van der Waals surface area contributed by atoms with Crippen molar-refractivity contribution in [1.82, 2.24) is 5.32 Å². The fourth-order valence-electron chi connectivity index (χ4n) is 3.82. The standard InChI is InChI=1S/C18H26BrN/c19-16-10-8-15-13-18(11-9-14(15)12-16)20-17-6-4-2-1-3-5-7-17/h8,10,12,17-18,20H,1-7,9,11,13H2. The normalized spacial score (nSPS) is 24.8. The summed E-state index contributed by atoms with van der Waals surface area (Å²) in [6.07, 6.45) is 13.7. The Bertz CT molecular complexity index is 435. The molecule has 0 radical (unpaired) electrons. The van der Waals surface area contributed by atoms with Crippen molar-refractivity contribution in [1.29, 1.82) is 0 Å². The molecule has 0 saturated heterocycles. The molecule has 1 fully saturated rings. The lowest BCUT2D eigenvalue weighted by Gasteiger charge is -2.31. The van der Waals surface area contributed by atoms with E-state index in [-0.39, 0.29) is 0 Å². The van der Waals surface area contributed by atoms with E-state index in [4.69, 9.17) is 0 Å². The van der Waals surface area contributed by atoms with Gasteiger partial charge in [0.05, 0.1) is 0 Å². The highest BCUT2D eigenvalue weighted by atomic mass is 79.9. The van der Waals surface area contributed by atoms with E-state index >= 15 is 0 Å². The van der Waals surface area contributed by atoms with Gasteiger partial charge in [0.25, 0.3) is 0 Å². The van der Waals surface area contributed by atoms with Gasteiger partial charge < -0.3 is 5.32 Å². The molecule has 2 heteroatoms. The third kappa shape index (κ3) is 3.85. The molecule has 0 bridgehead atoms. The summed E-state index contributed by atoms with van der Waals surface area (Å²) in [5.74, 6) is 0. The van der Waals surface area contributed by atoms with Crippen LogP contribution >= 0.6 is 15.9 Å². The molecule has 110 valence electrons. The SMILES string of the molecule is Brc1ccc2c(c1)CCC(NC1CCCCCCC1)C2. The monoisotopic (exact) mass is 335 g/mol. The van der Waals surface area contributed by atoms with Gasteiger partial charge in [-0.15, -0.1) is 0 Å². The molecule has 0 aliphatic heterocycles. The summed E-state index contributed by atoms with van der Waals surface area (Å²) in [6.45, 7) is 0. The Morgan fingerprint density at radius 2 is 1.60 bits per heavy atom. The quantitative estimate of drug-likeness (QED) is 0.801. The van der Waals surface area contributed by atoms with Gasteiger partial charge in [0.15, 0.2) is 0 Å². The first kappa shape index (κ1) is 14.6. The van der Waals surface area contributed by atoms with Crippen molar-refractivity contribution < 1.29 is 0 Å². The van der Waals surface area contributed by atoms with Crippen LogP contribution in [0.15, 0.2) is 22.7 Å². The van der Waals surface area contributed by atoms with Crippen LogP contribution in [0.25, 0.3) is 0 Å². The molecule has 1 N–H and O–H groups in total. The Morgan fingerprint density at radius 1 is 0.850 bits per heavy atom. The van der Waals surface area contributed by atoms with E-state index in [0.29, 0.717) is 6.04 Å². The fourth-order valence-corrected chi connectivity index (χ4v) is 4.23. The number of hydrogen-bond acceptors (Lipinski definition) is 1. The van der Waals surface area contributed by atoms with Gasteiger partial charge in [0.2, 0.25) is 0 Å². The summed E-state index contributed by atoms with van der Waals surface area (Å²) in [6, 6.07) is 8.29. The second-order valence-electron chi connectivity index (χ2n) is 6.56. The van der Waals surface area contributed by atoms with E-state index in [2.05, 4.69) is 39.4 Å². The zero-order valence-corrected chi connectivity index (χ0v) is 13.9. The maximum atomic E-state index is 3.97. The van der Waals surface area contributed by atoms with Crippen LogP contribution in [0.4, 0.5) is 0 Å². The molecule has 1 atom stereocenters. The van der Waals surface area contributed by atoms with Crippen molar-refractivity contribution in [3.63, 3.8) is 0 Å². The van der Waals surface area contributed by atoms with E-state index in [1.165, 1.54) is 68.7 Å². The molecular weight excluding hydrogens is 310 g/mol. The summed E-state index contributed by atoms with van der Waals surface area (Å²) in [5, 5.41) is 3.97. The topological polar surface area (TPSA) is 12.0 Å². The van der Waals surface area contributed by atoms with Crippen molar-refractivity contribution in [3.05, 3.63) is 33.8 Å². The average molecular weight is 336 g/mol. The van der Waals surface area contributed by atoms with Gasteiger partial charge in [0.1, 0.15) is 0 Å². The van der Waals surface area contributed by atoms with Crippen LogP contribution in [0, 0.1) is 0 Å². The molecule has 0 amide bonds. The van der Waals surface area contributed by atoms with Crippen LogP contribution in [-0.4, -0.2) is 12.1 Å².